The Bertz CT molecular complexity index is 2080. The van der Waals surface area contributed by atoms with Gasteiger partial charge >= 0.3 is 0 Å². The fourth-order valence-corrected chi connectivity index (χ4v) is 16.7. The highest BCUT2D eigenvalue weighted by atomic mass is 32.1. The van der Waals surface area contributed by atoms with Gasteiger partial charge in [0.05, 0.1) is 0 Å². The van der Waals surface area contributed by atoms with Crippen molar-refractivity contribution in [2.75, 3.05) is 0 Å². The van der Waals surface area contributed by atoms with Crippen LogP contribution in [0, 0.1) is 0 Å². The third-order valence-corrected chi connectivity index (χ3v) is 18.2. The number of benzene rings is 3. The van der Waals surface area contributed by atoms with Gasteiger partial charge in [0.15, 0.2) is 13.9 Å². The Labute approximate surface area is 241 Å². The fourth-order valence-electron chi connectivity index (χ4n) is 5.45. The molecular formula is C30H16OPS6+. The first-order valence-corrected chi connectivity index (χ1v) is 18.8. The molecule has 6 heterocycles. The van der Waals surface area contributed by atoms with E-state index in [2.05, 4.69) is 88.9 Å². The third-order valence-electron chi connectivity index (χ3n) is 7.31. The van der Waals surface area contributed by atoms with Crippen molar-refractivity contribution in [3.05, 3.63) is 88.9 Å². The maximum atomic E-state index is 13.1. The molecule has 9 rings (SSSR count). The van der Waals surface area contributed by atoms with Crippen LogP contribution in [0.15, 0.2) is 88.9 Å². The summed E-state index contributed by atoms with van der Waals surface area (Å²) in [6, 6.07) is 26.9. The molecule has 9 aromatic rings. The summed E-state index contributed by atoms with van der Waals surface area (Å²) in [5.74, 6) is 0. The number of hydrogen-bond donors (Lipinski definition) is 1. The van der Waals surface area contributed by atoms with Crippen LogP contribution in [0.1, 0.15) is 0 Å². The Balaban J connectivity index is 1.37. The van der Waals surface area contributed by atoms with E-state index < -0.39 is 7.49 Å². The van der Waals surface area contributed by atoms with E-state index in [0.29, 0.717) is 0 Å². The first-order valence-electron chi connectivity index (χ1n) is 12.0. The van der Waals surface area contributed by atoms with Crippen molar-refractivity contribution in [2.24, 2.45) is 0 Å². The molecule has 0 aliphatic heterocycles. The molecule has 38 heavy (non-hydrogen) atoms. The molecule has 182 valence electrons. The summed E-state index contributed by atoms with van der Waals surface area (Å²) in [6.07, 6.45) is 0. The largest absolute Gasteiger partial charge is 0.269 e. The minimum atomic E-state index is -2.86. The Morgan fingerprint density at radius 3 is 1.05 bits per heavy atom. The molecule has 0 bridgehead atoms. The highest BCUT2D eigenvalue weighted by Gasteiger charge is 2.49. The average molecular weight is 616 g/mol. The molecule has 0 saturated heterocycles. The van der Waals surface area contributed by atoms with Gasteiger partial charge in [-0.15, -0.1) is 34.0 Å². The van der Waals surface area contributed by atoms with Crippen molar-refractivity contribution < 1.29 is 4.89 Å². The van der Waals surface area contributed by atoms with Crippen LogP contribution in [0.2, 0.25) is 0 Å². The van der Waals surface area contributed by atoms with Crippen LogP contribution in [0.3, 0.4) is 0 Å². The Morgan fingerprint density at radius 1 is 0.395 bits per heavy atom. The molecule has 0 unspecified atom stereocenters. The molecule has 0 atom stereocenters. The molecule has 3 aromatic carbocycles. The normalized spacial score (nSPS) is 12.9. The molecule has 0 spiro atoms. The predicted octanol–water partition coefficient (Wildman–Crippen LogP) is 10.2. The Hall–Kier alpha value is -2.19. The Morgan fingerprint density at radius 2 is 0.711 bits per heavy atom. The minimum Gasteiger partial charge on any atom is -0.232 e. The zero-order valence-corrected chi connectivity index (χ0v) is 25.3. The van der Waals surface area contributed by atoms with Gasteiger partial charge in [-0.2, -0.15) is 0 Å². The average Bonchev–Trinajstić information content (AvgIpc) is 3.74. The van der Waals surface area contributed by atoms with Gasteiger partial charge in [-0.3, -0.25) is 0 Å². The molecule has 8 heteroatoms. The molecule has 1 nitrogen and oxygen atoms in total. The lowest BCUT2D eigenvalue weighted by molar-refractivity contribution is 0.635. The van der Waals surface area contributed by atoms with E-state index in [1.165, 1.54) is 60.5 Å². The lowest BCUT2D eigenvalue weighted by Gasteiger charge is -2.13. The van der Waals surface area contributed by atoms with Crippen molar-refractivity contribution in [2.45, 2.75) is 0 Å². The second-order valence-corrected chi connectivity index (χ2v) is 19.0. The van der Waals surface area contributed by atoms with E-state index in [-0.39, 0.29) is 0 Å². The van der Waals surface area contributed by atoms with E-state index in [9.17, 15) is 4.89 Å². The summed E-state index contributed by atoms with van der Waals surface area (Å²) in [7, 11) is -2.86. The van der Waals surface area contributed by atoms with E-state index in [1.54, 1.807) is 68.0 Å². The highest BCUT2D eigenvalue weighted by Crippen LogP contribution is 2.58. The van der Waals surface area contributed by atoms with Gasteiger partial charge in [-0.05, 0) is 70.7 Å². The molecule has 0 saturated carbocycles. The molecule has 0 radical (unpaired) electrons. The quantitative estimate of drug-likeness (QED) is 0.196. The van der Waals surface area contributed by atoms with Gasteiger partial charge in [0.1, 0.15) is 0 Å². The number of rotatable bonds is 3. The third kappa shape index (κ3) is 3.07. The van der Waals surface area contributed by atoms with Crippen LogP contribution in [-0.4, -0.2) is 4.89 Å². The maximum absolute atomic E-state index is 13.1. The lowest BCUT2D eigenvalue weighted by atomic mass is 10.2. The smallest absolute Gasteiger partial charge is 0.232 e. The predicted molar refractivity (Wildman–Crippen MR) is 180 cm³/mol. The molecule has 0 aliphatic carbocycles. The van der Waals surface area contributed by atoms with E-state index in [4.69, 9.17) is 0 Å². The van der Waals surface area contributed by atoms with Gasteiger partial charge < -0.3 is 0 Å². The van der Waals surface area contributed by atoms with Crippen LogP contribution in [-0.2, 0) is 0 Å². The van der Waals surface area contributed by atoms with Crippen molar-refractivity contribution in [1.82, 2.24) is 0 Å². The molecular weight excluding hydrogens is 600 g/mol. The first kappa shape index (κ1) is 22.6. The number of hydrogen-bond acceptors (Lipinski definition) is 7. The van der Waals surface area contributed by atoms with Gasteiger partial charge in [-0.1, -0.05) is 34.0 Å². The van der Waals surface area contributed by atoms with Crippen LogP contribution in [0.25, 0.3) is 60.5 Å². The van der Waals surface area contributed by atoms with Gasteiger partial charge in [0, 0.05) is 78.7 Å². The number of fused-ring (bicyclic) bond motifs is 9. The minimum absolute atomic E-state index is 1.09. The summed E-state index contributed by atoms with van der Waals surface area (Å²) in [5.41, 5.74) is 0. The summed E-state index contributed by atoms with van der Waals surface area (Å²) >= 11 is 10.6. The van der Waals surface area contributed by atoms with Crippen LogP contribution >= 0.6 is 75.5 Å². The standard InChI is InChI=1S/C30H16OPS6/c31-32(28-13-19-16-7-10-33-22(16)1-4-25(19)36-28,29-14-20-17-8-11-34-23(17)2-5-26(20)37-29)30-15-21-18-9-12-35-24(18)3-6-27(21)38-30/h1-15,31H/q+1. The summed E-state index contributed by atoms with van der Waals surface area (Å²) in [6.45, 7) is 0. The molecule has 0 fully saturated rings. The SMILES string of the molecule is O[P+](c1cc2c(ccc3sccc32)s1)(c1cc2c(ccc3sccc32)s1)c1cc2c(ccc3sccc32)s1. The van der Waals surface area contributed by atoms with Crippen molar-refractivity contribution in [3.63, 3.8) is 0 Å². The zero-order chi connectivity index (χ0) is 25.0. The monoisotopic (exact) mass is 615 g/mol. The van der Waals surface area contributed by atoms with Crippen molar-refractivity contribution >= 4 is 150 Å². The van der Waals surface area contributed by atoms with Crippen LogP contribution in [0.4, 0.5) is 0 Å². The summed E-state index contributed by atoms with van der Waals surface area (Å²) < 4.78 is 10.9. The molecule has 0 aliphatic rings. The second kappa shape index (κ2) is 8.17. The Kier molecular flexibility index (Phi) is 4.86. The second-order valence-electron chi connectivity index (χ2n) is 9.32. The fraction of sp³-hybridized carbons (Fsp3) is 0. The lowest BCUT2D eigenvalue weighted by Crippen LogP contribution is -2.25. The summed E-state index contributed by atoms with van der Waals surface area (Å²) in [5, 5.41) is 14.1. The van der Waals surface area contributed by atoms with E-state index >= 15 is 0 Å². The van der Waals surface area contributed by atoms with Crippen molar-refractivity contribution in [1.29, 1.82) is 0 Å². The topological polar surface area (TPSA) is 20.2 Å². The van der Waals surface area contributed by atoms with Gasteiger partial charge in [0.2, 0.25) is 0 Å². The van der Waals surface area contributed by atoms with Crippen molar-refractivity contribution in [3.8, 4) is 0 Å². The van der Waals surface area contributed by atoms with Crippen LogP contribution < -0.4 is 13.9 Å². The maximum Gasteiger partial charge on any atom is 0.269 e. The zero-order valence-electron chi connectivity index (χ0n) is 19.5. The van der Waals surface area contributed by atoms with Gasteiger partial charge in [0.25, 0.3) is 7.49 Å². The first-order chi connectivity index (χ1) is 18.7. The molecule has 1 N–H and O–H groups in total. The van der Waals surface area contributed by atoms with Gasteiger partial charge in [-0.25, -0.2) is 4.89 Å². The highest BCUT2D eigenvalue weighted by molar-refractivity contribution is 8.00. The summed E-state index contributed by atoms with van der Waals surface area (Å²) in [4.78, 5) is 13.1. The van der Waals surface area contributed by atoms with Crippen LogP contribution in [0.5, 0.6) is 0 Å². The molecule has 6 aromatic heterocycles. The van der Waals surface area contributed by atoms with E-state index in [1.807, 2.05) is 0 Å². The number of thiophene rings is 6. The molecule has 0 amide bonds. The van der Waals surface area contributed by atoms with E-state index in [0.717, 1.165) is 13.9 Å².